The lowest BCUT2D eigenvalue weighted by Gasteiger charge is -2.17. The van der Waals surface area contributed by atoms with Gasteiger partial charge in [0.25, 0.3) is 11.6 Å². The van der Waals surface area contributed by atoms with Gasteiger partial charge in [0.05, 0.1) is 11.0 Å². The van der Waals surface area contributed by atoms with Gasteiger partial charge >= 0.3 is 0 Å². The van der Waals surface area contributed by atoms with Crippen molar-refractivity contribution in [2.45, 2.75) is 19.4 Å². The maximum absolute atomic E-state index is 12.4. The van der Waals surface area contributed by atoms with E-state index in [1.54, 1.807) is 36.1 Å². The second kappa shape index (κ2) is 7.13. The monoisotopic (exact) mass is 373 g/mol. The fourth-order valence-electron chi connectivity index (χ4n) is 2.89. The van der Waals surface area contributed by atoms with Crippen LogP contribution >= 0.6 is 11.6 Å². The normalized spacial score (nSPS) is 16.6. The van der Waals surface area contributed by atoms with Gasteiger partial charge < -0.3 is 10.2 Å². The predicted molar refractivity (Wildman–Crippen MR) is 97.5 cm³/mol. The topological polar surface area (TPSA) is 92.6 Å². The summed E-state index contributed by atoms with van der Waals surface area (Å²) in [5, 5.41) is 14.4. The lowest BCUT2D eigenvalue weighted by Crippen LogP contribution is -2.37. The van der Waals surface area contributed by atoms with Crippen LogP contribution in [0.3, 0.4) is 0 Å². The van der Waals surface area contributed by atoms with Crippen LogP contribution < -0.4 is 10.2 Å². The number of amides is 2. The summed E-state index contributed by atoms with van der Waals surface area (Å²) in [5.41, 5.74) is 1.28. The van der Waals surface area contributed by atoms with Crippen molar-refractivity contribution in [1.29, 1.82) is 0 Å². The van der Waals surface area contributed by atoms with Crippen LogP contribution in [0.4, 0.5) is 11.4 Å². The van der Waals surface area contributed by atoms with Crippen molar-refractivity contribution in [2.24, 2.45) is 0 Å². The van der Waals surface area contributed by atoms with Gasteiger partial charge in [0.15, 0.2) is 0 Å². The highest BCUT2D eigenvalue weighted by Gasteiger charge is 2.32. The maximum Gasteiger partial charge on any atom is 0.273 e. The molecule has 1 aliphatic heterocycles. The van der Waals surface area contributed by atoms with Crippen molar-refractivity contribution in [3.63, 3.8) is 0 Å². The number of hydrogen-bond acceptors (Lipinski definition) is 4. The van der Waals surface area contributed by atoms with Crippen molar-refractivity contribution in [3.05, 3.63) is 68.7 Å². The highest BCUT2D eigenvalue weighted by Crippen LogP contribution is 2.24. The summed E-state index contributed by atoms with van der Waals surface area (Å²) in [6.45, 7) is 1.94. The molecule has 0 bridgehead atoms. The molecule has 0 aromatic heterocycles. The van der Waals surface area contributed by atoms with Crippen LogP contribution in [0.15, 0.2) is 42.5 Å². The number of hydrogen-bond donors (Lipinski definition) is 1. The first-order valence-electron chi connectivity index (χ1n) is 7.97. The number of halogens is 1. The summed E-state index contributed by atoms with van der Waals surface area (Å²) in [4.78, 5) is 36.7. The Kier molecular flexibility index (Phi) is 4.90. The number of aryl methyl sites for hydroxylation is 1. The molecule has 0 spiro atoms. The van der Waals surface area contributed by atoms with E-state index in [2.05, 4.69) is 5.32 Å². The molecule has 2 aromatic carbocycles. The van der Waals surface area contributed by atoms with Crippen LogP contribution in [0.25, 0.3) is 0 Å². The summed E-state index contributed by atoms with van der Waals surface area (Å²) in [6, 6.07) is 10.8. The summed E-state index contributed by atoms with van der Waals surface area (Å²) < 4.78 is 0. The maximum atomic E-state index is 12.4. The second-order valence-corrected chi connectivity index (χ2v) is 6.55. The molecule has 1 saturated heterocycles. The molecule has 1 fully saturated rings. The van der Waals surface area contributed by atoms with E-state index in [0.29, 0.717) is 22.8 Å². The molecule has 26 heavy (non-hydrogen) atoms. The number of rotatable bonds is 4. The summed E-state index contributed by atoms with van der Waals surface area (Å²) >= 11 is 5.86. The minimum atomic E-state index is -0.520. The van der Waals surface area contributed by atoms with E-state index >= 15 is 0 Å². The van der Waals surface area contributed by atoms with Crippen LogP contribution in [0.5, 0.6) is 0 Å². The molecule has 0 radical (unpaired) electrons. The first-order valence-corrected chi connectivity index (χ1v) is 8.35. The third kappa shape index (κ3) is 3.67. The number of carbonyl (C=O) groups is 2. The number of nitrogens with one attached hydrogen (secondary N) is 1. The molecule has 1 atom stereocenters. The van der Waals surface area contributed by atoms with E-state index in [-0.39, 0.29) is 29.6 Å². The van der Waals surface area contributed by atoms with Crippen LogP contribution in [-0.2, 0) is 4.79 Å². The summed E-state index contributed by atoms with van der Waals surface area (Å²) in [6.07, 6.45) is 0.169. The van der Waals surface area contributed by atoms with E-state index < -0.39 is 10.8 Å². The van der Waals surface area contributed by atoms with E-state index in [4.69, 9.17) is 11.6 Å². The van der Waals surface area contributed by atoms with Gasteiger partial charge in [-0.3, -0.25) is 19.7 Å². The molecule has 7 nitrogen and oxygen atoms in total. The first-order chi connectivity index (χ1) is 12.3. The van der Waals surface area contributed by atoms with E-state index in [9.17, 15) is 19.7 Å². The Bertz CT molecular complexity index is 883. The van der Waals surface area contributed by atoms with E-state index in [1.807, 2.05) is 0 Å². The lowest BCUT2D eigenvalue weighted by molar-refractivity contribution is -0.385. The number of carbonyl (C=O) groups excluding carboxylic acids is 2. The van der Waals surface area contributed by atoms with Crippen molar-refractivity contribution < 1.29 is 14.5 Å². The molecule has 1 N–H and O–H groups in total. The fraction of sp³-hybridized carbons (Fsp3) is 0.222. The Morgan fingerprint density at radius 3 is 2.62 bits per heavy atom. The standard InChI is InChI=1S/C18H16ClN3O4/c1-11-2-3-12(8-16(11)22(25)26)18(24)20-14-9-17(23)21(10-14)15-6-4-13(19)5-7-15/h2-8,14H,9-10H2,1H3,(H,20,24). The zero-order valence-corrected chi connectivity index (χ0v) is 14.7. The average Bonchev–Trinajstić information content (AvgIpc) is 2.96. The molecule has 8 heteroatoms. The zero-order valence-electron chi connectivity index (χ0n) is 13.9. The van der Waals surface area contributed by atoms with Gasteiger partial charge in [0.1, 0.15) is 0 Å². The van der Waals surface area contributed by atoms with Gasteiger partial charge in [0, 0.05) is 40.9 Å². The molecule has 0 aliphatic carbocycles. The van der Waals surface area contributed by atoms with Gasteiger partial charge in [-0.15, -0.1) is 0 Å². The molecular formula is C18H16ClN3O4. The van der Waals surface area contributed by atoms with Crippen LogP contribution in [0.1, 0.15) is 22.3 Å². The Balaban J connectivity index is 1.71. The van der Waals surface area contributed by atoms with Crippen molar-refractivity contribution >= 4 is 34.8 Å². The molecule has 1 aliphatic rings. The third-order valence-electron chi connectivity index (χ3n) is 4.27. The Hall–Kier alpha value is -2.93. The third-order valence-corrected chi connectivity index (χ3v) is 4.52. The minimum Gasteiger partial charge on any atom is -0.347 e. The van der Waals surface area contributed by atoms with Crippen molar-refractivity contribution in [2.75, 3.05) is 11.4 Å². The smallest absolute Gasteiger partial charge is 0.273 e. The molecular weight excluding hydrogens is 358 g/mol. The minimum absolute atomic E-state index is 0.104. The highest BCUT2D eigenvalue weighted by atomic mass is 35.5. The Morgan fingerprint density at radius 1 is 1.27 bits per heavy atom. The van der Waals surface area contributed by atoms with E-state index in [0.717, 1.165) is 0 Å². The molecule has 3 rings (SSSR count). The van der Waals surface area contributed by atoms with Gasteiger partial charge in [-0.05, 0) is 37.3 Å². The Morgan fingerprint density at radius 2 is 1.96 bits per heavy atom. The SMILES string of the molecule is Cc1ccc(C(=O)NC2CC(=O)N(c3ccc(Cl)cc3)C2)cc1[N+](=O)[O-]. The molecule has 2 aromatic rings. The molecule has 2 amide bonds. The van der Waals surface area contributed by atoms with Crippen molar-refractivity contribution in [1.82, 2.24) is 5.32 Å². The van der Waals surface area contributed by atoms with Gasteiger partial charge in [0.2, 0.25) is 5.91 Å². The highest BCUT2D eigenvalue weighted by molar-refractivity contribution is 6.30. The number of benzene rings is 2. The average molecular weight is 374 g/mol. The zero-order chi connectivity index (χ0) is 18.8. The van der Waals surface area contributed by atoms with Gasteiger partial charge in [-0.25, -0.2) is 0 Å². The number of nitro groups is 1. The number of nitrogens with zero attached hydrogens (tertiary/aromatic N) is 2. The molecule has 1 unspecified atom stereocenters. The van der Waals surface area contributed by atoms with Gasteiger partial charge in [-0.2, -0.15) is 0 Å². The number of anilines is 1. The summed E-state index contributed by atoms with van der Waals surface area (Å²) in [5.74, 6) is -0.545. The number of nitro benzene ring substituents is 1. The predicted octanol–water partition coefficient (Wildman–Crippen LogP) is 3.09. The molecule has 134 valence electrons. The largest absolute Gasteiger partial charge is 0.347 e. The van der Waals surface area contributed by atoms with Gasteiger partial charge in [-0.1, -0.05) is 17.7 Å². The molecule has 1 heterocycles. The van der Waals surface area contributed by atoms with Crippen LogP contribution in [0, 0.1) is 17.0 Å². The van der Waals surface area contributed by atoms with Crippen LogP contribution in [-0.4, -0.2) is 29.3 Å². The van der Waals surface area contributed by atoms with E-state index in [1.165, 1.54) is 18.2 Å². The quantitative estimate of drug-likeness (QED) is 0.658. The fourth-order valence-corrected chi connectivity index (χ4v) is 3.02. The second-order valence-electron chi connectivity index (χ2n) is 6.11. The summed E-state index contributed by atoms with van der Waals surface area (Å²) in [7, 11) is 0. The lowest BCUT2D eigenvalue weighted by atomic mass is 10.1. The first kappa shape index (κ1) is 17.9. The molecule has 0 saturated carbocycles. The van der Waals surface area contributed by atoms with Crippen LogP contribution in [0.2, 0.25) is 5.02 Å². The van der Waals surface area contributed by atoms with Crippen molar-refractivity contribution in [3.8, 4) is 0 Å². The Labute approximate surface area is 154 Å².